The minimum Gasteiger partial charge on any atom is -0.502 e. The average Bonchev–Trinajstić information content (AvgIpc) is 2.45. The third-order valence-electron chi connectivity index (χ3n) is 2.52. The summed E-state index contributed by atoms with van der Waals surface area (Å²) >= 11 is 5.83. The van der Waals surface area contributed by atoms with E-state index in [0.717, 1.165) is 24.5 Å². The summed E-state index contributed by atoms with van der Waals surface area (Å²) in [7, 11) is 0. The van der Waals surface area contributed by atoms with Crippen molar-refractivity contribution in [3.05, 3.63) is 57.8 Å². The summed E-state index contributed by atoms with van der Waals surface area (Å²) in [5.41, 5.74) is 8.74. The van der Waals surface area contributed by atoms with Crippen molar-refractivity contribution in [2.24, 2.45) is 4.99 Å². The second-order valence-electron chi connectivity index (χ2n) is 3.85. The molecule has 8 heteroatoms. The van der Waals surface area contributed by atoms with Crippen LogP contribution in [0.25, 0.3) is 5.53 Å². The van der Waals surface area contributed by atoms with Crippen LogP contribution in [0.4, 0.5) is 20.2 Å². The Hall–Kier alpha value is -2.72. The average molecular weight is 306 g/mol. The first-order valence-corrected chi connectivity index (χ1v) is 5.91. The molecular weight excluding hydrogens is 300 g/mol. The van der Waals surface area contributed by atoms with E-state index < -0.39 is 11.6 Å². The van der Waals surface area contributed by atoms with E-state index in [-0.39, 0.29) is 27.5 Å². The first-order valence-electron chi connectivity index (χ1n) is 5.53. The van der Waals surface area contributed by atoms with Crippen LogP contribution in [0.1, 0.15) is 11.1 Å². The van der Waals surface area contributed by atoms with Gasteiger partial charge in [0.25, 0.3) is 0 Å². The largest absolute Gasteiger partial charge is 0.502 e. The van der Waals surface area contributed by atoms with Crippen molar-refractivity contribution in [2.75, 3.05) is 0 Å². The molecule has 2 aromatic rings. The number of pyridine rings is 1. The van der Waals surface area contributed by atoms with Gasteiger partial charge < -0.3 is 5.53 Å². The molecule has 2 rings (SSSR count). The van der Waals surface area contributed by atoms with Gasteiger partial charge in [-0.05, 0) is 12.1 Å². The Bertz CT molecular complexity index is 783. The van der Waals surface area contributed by atoms with E-state index in [4.69, 9.17) is 22.4 Å². The predicted molar refractivity (Wildman–Crippen MR) is 71.6 cm³/mol. The number of aliphatic imine (C=N–C) groups is 1. The Kier molecular flexibility index (Phi) is 4.30. The van der Waals surface area contributed by atoms with Crippen LogP contribution in [0.15, 0.2) is 29.5 Å². The second kappa shape index (κ2) is 6.15. The highest BCUT2D eigenvalue weighted by molar-refractivity contribution is 6.33. The topological polar surface area (TPSA) is 85.3 Å². The number of benzene rings is 1. The fourth-order valence-corrected chi connectivity index (χ4v) is 1.84. The van der Waals surface area contributed by atoms with E-state index in [0.29, 0.717) is 0 Å². The molecule has 0 amide bonds. The Morgan fingerprint density at radius 3 is 2.81 bits per heavy atom. The maximum absolute atomic E-state index is 13.4. The Balaban J connectivity index is 2.51. The molecule has 0 aliphatic heterocycles. The van der Waals surface area contributed by atoms with Crippen molar-refractivity contribution in [3.8, 4) is 6.07 Å². The SMILES string of the molecule is N#Cc1cc(F)cc(Cl)c1N=Cc1cncc(F)c1[NH+]=[N-]. The number of nitrogens with zero attached hydrogens (tertiary/aromatic N) is 4. The van der Waals surface area contributed by atoms with Gasteiger partial charge in [0, 0.05) is 12.4 Å². The molecule has 5 nitrogen and oxygen atoms in total. The third kappa shape index (κ3) is 3.07. The van der Waals surface area contributed by atoms with Crippen molar-refractivity contribution < 1.29 is 13.9 Å². The van der Waals surface area contributed by atoms with Gasteiger partial charge in [0.15, 0.2) is 0 Å². The second-order valence-corrected chi connectivity index (χ2v) is 4.26. The van der Waals surface area contributed by atoms with Crippen molar-refractivity contribution in [3.63, 3.8) is 0 Å². The molecule has 0 atom stereocenters. The molecular formula is C13H6ClF2N5. The van der Waals surface area contributed by atoms with Gasteiger partial charge >= 0.3 is 0 Å². The molecule has 0 fully saturated rings. The van der Waals surface area contributed by atoms with E-state index in [1.54, 1.807) is 11.2 Å². The number of hydrogen-bond acceptors (Lipinski definition) is 3. The molecule has 0 spiro atoms. The molecule has 1 aromatic heterocycles. The summed E-state index contributed by atoms with van der Waals surface area (Å²) in [6.45, 7) is 0. The first-order chi connectivity index (χ1) is 10.1. The number of nitriles is 1. The van der Waals surface area contributed by atoms with E-state index in [1.165, 1.54) is 6.20 Å². The highest BCUT2D eigenvalue weighted by Gasteiger charge is 2.12. The maximum Gasteiger partial charge on any atom is 0.240 e. The smallest absolute Gasteiger partial charge is 0.240 e. The molecule has 0 bridgehead atoms. The number of rotatable bonds is 3. The standard InChI is InChI=1S/C13H6ClF2N5/c14-10-2-9(15)1-7(3-17)12(10)20-5-8-4-19-6-11(16)13(8)21-18/h1-2,4-6,21H. The Morgan fingerprint density at radius 1 is 1.38 bits per heavy atom. The fraction of sp³-hybridized carbons (Fsp3) is 0. The van der Waals surface area contributed by atoms with E-state index >= 15 is 0 Å². The lowest BCUT2D eigenvalue weighted by Crippen LogP contribution is -2.56. The maximum atomic E-state index is 13.4. The van der Waals surface area contributed by atoms with Crippen molar-refractivity contribution in [1.82, 2.24) is 4.98 Å². The lowest BCUT2D eigenvalue weighted by Gasteiger charge is -2.02. The number of aromatic nitrogens is 1. The molecule has 1 N–H and O–H groups in total. The van der Waals surface area contributed by atoms with Gasteiger partial charge in [-0.1, -0.05) is 11.6 Å². The number of hydrogen-bond donors (Lipinski definition) is 1. The highest BCUT2D eigenvalue weighted by Crippen LogP contribution is 2.30. The fourth-order valence-electron chi connectivity index (χ4n) is 1.58. The molecule has 1 aromatic carbocycles. The summed E-state index contributed by atoms with van der Waals surface area (Å²) < 4.78 is 26.5. The number of nitrogens with one attached hydrogen (secondary N) is 1. The first kappa shape index (κ1) is 14.7. The van der Waals surface area contributed by atoms with Crippen LogP contribution in [-0.2, 0) is 0 Å². The van der Waals surface area contributed by atoms with Crippen molar-refractivity contribution in [1.29, 1.82) is 5.26 Å². The van der Waals surface area contributed by atoms with Crippen LogP contribution >= 0.6 is 11.6 Å². The van der Waals surface area contributed by atoms with Crippen LogP contribution in [0, 0.1) is 23.0 Å². The highest BCUT2D eigenvalue weighted by atomic mass is 35.5. The lowest BCUT2D eigenvalue weighted by molar-refractivity contribution is -0.382. The minimum atomic E-state index is -0.785. The Morgan fingerprint density at radius 2 is 2.14 bits per heavy atom. The van der Waals surface area contributed by atoms with Crippen molar-refractivity contribution >= 4 is 29.2 Å². The van der Waals surface area contributed by atoms with Gasteiger partial charge in [0.2, 0.25) is 11.5 Å². The molecule has 21 heavy (non-hydrogen) atoms. The van der Waals surface area contributed by atoms with Crippen LogP contribution < -0.4 is 5.11 Å². The zero-order valence-electron chi connectivity index (χ0n) is 10.3. The van der Waals surface area contributed by atoms with E-state index in [2.05, 4.69) is 9.98 Å². The monoisotopic (exact) mass is 305 g/mol. The molecule has 0 saturated carbocycles. The summed E-state index contributed by atoms with van der Waals surface area (Å²) in [6.07, 6.45) is 3.30. The van der Waals surface area contributed by atoms with Crippen LogP contribution in [-0.4, -0.2) is 11.2 Å². The summed E-state index contributed by atoms with van der Waals surface area (Å²) in [5, 5.41) is 10.6. The zero-order chi connectivity index (χ0) is 15.4. The molecule has 0 aliphatic rings. The zero-order valence-corrected chi connectivity index (χ0v) is 11.1. The van der Waals surface area contributed by atoms with Crippen molar-refractivity contribution in [2.45, 2.75) is 0 Å². The van der Waals surface area contributed by atoms with Gasteiger partial charge in [0.05, 0.1) is 28.0 Å². The van der Waals surface area contributed by atoms with Gasteiger partial charge in [0.1, 0.15) is 11.9 Å². The predicted octanol–water partition coefficient (Wildman–Crippen LogP) is 2.37. The normalized spacial score (nSPS) is 10.6. The third-order valence-corrected chi connectivity index (χ3v) is 2.81. The molecule has 1 heterocycles. The Labute approximate surface area is 123 Å². The van der Waals surface area contributed by atoms with Crippen LogP contribution in [0.5, 0.6) is 0 Å². The molecule has 0 unspecified atom stereocenters. The molecule has 0 radical (unpaired) electrons. The summed E-state index contributed by atoms with van der Waals surface area (Å²) in [6, 6.07) is 3.74. The summed E-state index contributed by atoms with van der Waals surface area (Å²) in [5.74, 6) is -1.45. The van der Waals surface area contributed by atoms with Crippen LogP contribution in [0.3, 0.4) is 0 Å². The van der Waals surface area contributed by atoms with Gasteiger partial charge in [-0.25, -0.2) is 4.39 Å². The van der Waals surface area contributed by atoms with Gasteiger partial charge in [-0.2, -0.15) is 9.65 Å². The van der Waals surface area contributed by atoms with Crippen LogP contribution in [0.2, 0.25) is 5.02 Å². The number of halogens is 3. The molecule has 104 valence electrons. The minimum absolute atomic E-state index is 0.0358. The lowest BCUT2D eigenvalue weighted by atomic mass is 10.2. The van der Waals surface area contributed by atoms with E-state index in [9.17, 15) is 8.78 Å². The quantitative estimate of drug-likeness (QED) is 0.697. The van der Waals surface area contributed by atoms with E-state index in [1.807, 2.05) is 0 Å². The summed E-state index contributed by atoms with van der Waals surface area (Å²) in [4.78, 5) is 7.54. The molecule has 0 aliphatic carbocycles. The molecule has 0 saturated heterocycles. The van der Waals surface area contributed by atoms with Gasteiger partial charge in [-0.15, -0.1) is 0 Å². The van der Waals surface area contributed by atoms with Gasteiger partial charge in [-0.3, -0.25) is 15.1 Å².